The molecule has 0 bridgehead atoms. The first kappa shape index (κ1) is 20.9. The summed E-state index contributed by atoms with van der Waals surface area (Å²) in [5, 5.41) is 0. The predicted molar refractivity (Wildman–Crippen MR) is 118 cm³/mol. The molecule has 2 aromatic rings. The van der Waals surface area contributed by atoms with Gasteiger partial charge in [0.25, 0.3) is 5.91 Å². The number of hydrogen-bond acceptors (Lipinski definition) is 3. The first-order chi connectivity index (χ1) is 13.2. The number of thioether (sulfide) groups is 1. The van der Waals surface area contributed by atoms with Gasteiger partial charge in [-0.1, -0.05) is 45.9 Å². The van der Waals surface area contributed by atoms with Crippen LogP contribution in [0.4, 0.5) is 0 Å². The van der Waals surface area contributed by atoms with Crippen LogP contribution in [0.3, 0.4) is 0 Å². The fraction of sp³-hybridized carbons (Fsp3) is 0.500. The Morgan fingerprint density at radius 1 is 1.18 bits per heavy atom. The van der Waals surface area contributed by atoms with Gasteiger partial charge in [0.15, 0.2) is 0 Å². The molecule has 1 aliphatic heterocycles. The number of likely N-dealkylation sites (tertiary alicyclic amines) is 1. The normalized spacial score (nSPS) is 15.7. The number of rotatable bonds is 4. The fourth-order valence-electron chi connectivity index (χ4n) is 3.43. The standard InChI is InChI=1S/C24H32N2OS/c1-17-11-13-26(14-12-17)23(27)21-8-6-7-20(25-21)16-28-22-15-19(24(3,4)5)10-9-18(22)2/h6-10,15,17H,11-14,16H2,1-5H3. The fourth-order valence-corrected chi connectivity index (χ4v) is 4.40. The second-order valence-electron chi connectivity index (χ2n) is 9.01. The lowest BCUT2D eigenvalue weighted by atomic mass is 9.87. The van der Waals surface area contributed by atoms with Gasteiger partial charge in [-0.3, -0.25) is 4.79 Å². The van der Waals surface area contributed by atoms with E-state index < -0.39 is 0 Å². The van der Waals surface area contributed by atoms with E-state index >= 15 is 0 Å². The van der Waals surface area contributed by atoms with Crippen molar-refractivity contribution >= 4 is 17.7 Å². The minimum atomic E-state index is 0.0738. The van der Waals surface area contributed by atoms with Crippen LogP contribution in [0.2, 0.25) is 0 Å². The van der Waals surface area contributed by atoms with Gasteiger partial charge in [0.05, 0.1) is 5.69 Å². The number of amides is 1. The molecular weight excluding hydrogens is 364 g/mol. The Bertz CT molecular complexity index is 833. The first-order valence-electron chi connectivity index (χ1n) is 10.2. The highest BCUT2D eigenvalue weighted by molar-refractivity contribution is 7.98. The van der Waals surface area contributed by atoms with Crippen LogP contribution < -0.4 is 0 Å². The molecule has 0 spiro atoms. The van der Waals surface area contributed by atoms with E-state index in [1.165, 1.54) is 16.0 Å². The summed E-state index contributed by atoms with van der Waals surface area (Å²) < 4.78 is 0. The van der Waals surface area contributed by atoms with E-state index in [1.807, 2.05) is 23.1 Å². The van der Waals surface area contributed by atoms with Gasteiger partial charge in [0, 0.05) is 23.7 Å². The molecule has 4 heteroatoms. The largest absolute Gasteiger partial charge is 0.337 e. The minimum Gasteiger partial charge on any atom is -0.337 e. The third-order valence-corrected chi connectivity index (χ3v) is 6.72. The lowest BCUT2D eigenvalue weighted by Crippen LogP contribution is -2.38. The average molecular weight is 397 g/mol. The molecule has 3 rings (SSSR count). The van der Waals surface area contributed by atoms with Gasteiger partial charge in [-0.05, 0) is 60.4 Å². The number of aryl methyl sites for hydroxylation is 1. The van der Waals surface area contributed by atoms with Gasteiger partial charge < -0.3 is 4.90 Å². The Kier molecular flexibility index (Phi) is 6.49. The summed E-state index contributed by atoms with van der Waals surface area (Å²) in [7, 11) is 0. The van der Waals surface area contributed by atoms with Gasteiger partial charge in [0.1, 0.15) is 5.69 Å². The molecule has 150 valence electrons. The van der Waals surface area contributed by atoms with Crippen molar-refractivity contribution in [2.45, 2.75) is 63.5 Å². The zero-order chi connectivity index (χ0) is 20.3. The van der Waals surface area contributed by atoms with Crippen molar-refractivity contribution in [1.29, 1.82) is 0 Å². The number of aromatic nitrogens is 1. The third kappa shape index (κ3) is 5.16. The van der Waals surface area contributed by atoms with Crippen molar-refractivity contribution in [1.82, 2.24) is 9.88 Å². The van der Waals surface area contributed by atoms with Crippen LogP contribution in [-0.2, 0) is 11.2 Å². The molecule has 0 unspecified atom stereocenters. The van der Waals surface area contributed by atoms with Crippen LogP contribution in [0.1, 0.15) is 67.8 Å². The van der Waals surface area contributed by atoms with Crippen LogP contribution in [0, 0.1) is 12.8 Å². The van der Waals surface area contributed by atoms with Crippen molar-refractivity contribution in [3.63, 3.8) is 0 Å². The molecule has 1 aromatic heterocycles. The SMILES string of the molecule is Cc1ccc(C(C)(C)C)cc1SCc1cccc(C(=O)N2CCC(C)CC2)n1. The smallest absolute Gasteiger partial charge is 0.272 e. The Balaban J connectivity index is 1.69. The number of piperidine rings is 1. The summed E-state index contributed by atoms with van der Waals surface area (Å²) in [5.41, 5.74) is 4.30. The number of carbonyl (C=O) groups is 1. The lowest BCUT2D eigenvalue weighted by Gasteiger charge is -2.30. The average Bonchev–Trinajstić information content (AvgIpc) is 2.67. The van der Waals surface area contributed by atoms with Crippen molar-refractivity contribution in [2.24, 2.45) is 5.92 Å². The third-order valence-electron chi connectivity index (χ3n) is 5.53. The number of nitrogens with zero attached hydrogens (tertiary/aromatic N) is 2. The molecule has 3 nitrogen and oxygen atoms in total. The van der Waals surface area contributed by atoms with E-state index in [-0.39, 0.29) is 11.3 Å². The summed E-state index contributed by atoms with van der Waals surface area (Å²) in [6.45, 7) is 12.8. The molecule has 1 saturated heterocycles. The monoisotopic (exact) mass is 396 g/mol. The van der Waals surface area contributed by atoms with Gasteiger partial charge in [-0.2, -0.15) is 0 Å². The van der Waals surface area contributed by atoms with Crippen molar-refractivity contribution in [2.75, 3.05) is 13.1 Å². The molecule has 0 saturated carbocycles. The Morgan fingerprint density at radius 2 is 1.89 bits per heavy atom. The summed E-state index contributed by atoms with van der Waals surface area (Å²) in [6, 6.07) is 12.5. The summed E-state index contributed by atoms with van der Waals surface area (Å²) in [4.78, 5) is 20.7. The van der Waals surface area contributed by atoms with E-state index in [1.54, 1.807) is 11.8 Å². The molecule has 0 radical (unpaired) electrons. The molecule has 28 heavy (non-hydrogen) atoms. The summed E-state index contributed by atoms with van der Waals surface area (Å²) in [6.07, 6.45) is 2.18. The quantitative estimate of drug-likeness (QED) is 0.608. The molecule has 0 atom stereocenters. The second kappa shape index (κ2) is 8.69. The zero-order valence-electron chi connectivity index (χ0n) is 17.8. The van der Waals surface area contributed by atoms with Crippen molar-refractivity contribution in [3.8, 4) is 0 Å². The zero-order valence-corrected chi connectivity index (χ0v) is 18.6. The van der Waals surface area contributed by atoms with Gasteiger partial charge in [-0.25, -0.2) is 4.98 Å². The van der Waals surface area contributed by atoms with E-state index in [0.717, 1.165) is 37.4 Å². The Labute approximate surface area is 173 Å². The topological polar surface area (TPSA) is 33.2 Å². The van der Waals surface area contributed by atoms with Crippen molar-refractivity contribution < 1.29 is 4.79 Å². The van der Waals surface area contributed by atoms with Crippen LogP contribution in [0.25, 0.3) is 0 Å². The van der Waals surface area contributed by atoms with Crippen LogP contribution in [0.5, 0.6) is 0 Å². The molecular formula is C24H32N2OS. The molecule has 0 aliphatic carbocycles. The summed E-state index contributed by atoms with van der Waals surface area (Å²) in [5.74, 6) is 1.56. The number of benzene rings is 1. The minimum absolute atomic E-state index is 0.0738. The number of hydrogen-bond donors (Lipinski definition) is 0. The maximum absolute atomic E-state index is 12.8. The molecule has 1 aromatic carbocycles. The highest BCUT2D eigenvalue weighted by atomic mass is 32.2. The maximum Gasteiger partial charge on any atom is 0.272 e. The molecule has 1 aliphatic rings. The molecule has 1 fully saturated rings. The molecule has 2 heterocycles. The molecule has 1 amide bonds. The van der Waals surface area contributed by atoms with Crippen LogP contribution in [-0.4, -0.2) is 28.9 Å². The van der Waals surface area contributed by atoms with Gasteiger partial charge in [0.2, 0.25) is 0 Å². The Hall–Kier alpha value is -1.81. The van der Waals surface area contributed by atoms with Gasteiger partial charge in [-0.15, -0.1) is 11.8 Å². The maximum atomic E-state index is 12.8. The van der Waals surface area contributed by atoms with Gasteiger partial charge >= 0.3 is 0 Å². The lowest BCUT2D eigenvalue weighted by molar-refractivity contribution is 0.0691. The predicted octanol–water partition coefficient (Wildman–Crippen LogP) is 5.85. The highest BCUT2D eigenvalue weighted by Gasteiger charge is 2.22. The number of pyridine rings is 1. The van der Waals surface area contributed by atoms with E-state index in [9.17, 15) is 4.79 Å². The van der Waals surface area contributed by atoms with Crippen LogP contribution in [0.15, 0.2) is 41.3 Å². The van der Waals surface area contributed by atoms with Crippen LogP contribution >= 0.6 is 11.8 Å². The summed E-state index contributed by atoms with van der Waals surface area (Å²) >= 11 is 1.80. The van der Waals surface area contributed by atoms with E-state index in [0.29, 0.717) is 11.6 Å². The first-order valence-corrected chi connectivity index (χ1v) is 11.2. The van der Waals surface area contributed by atoms with E-state index in [2.05, 4.69) is 57.8 Å². The van der Waals surface area contributed by atoms with Crippen molar-refractivity contribution in [3.05, 3.63) is 58.9 Å². The Morgan fingerprint density at radius 3 is 2.57 bits per heavy atom. The van der Waals surface area contributed by atoms with E-state index in [4.69, 9.17) is 0 Å². The second-order valence-corrected chi connectivity index (χ2v) is 10.0. The molecule has 0 N–H and O–H groups in total. The number of carbonyl (C=O) groups excluding carboxylic acids is 1. The highest BCUT2D eigenvalue weighted by Crippen LogP contribution is 2.31.